The number of aromatic nitrogens is 2. The third-order valence-electron chi connectivity index (χ3n) is 2.69. The molecule has 0 unspecified atom stereocenters. The third-order valence-corrected chi connectivity index (χ3v) is 3.41. The van der Waals surface area contributed by atoms with Crippen LogP contribution in [0.25, 0.3) is 0 Å². The maximum absolute atomic E-state index is 8.68. The first-order chi connectivity index (χ1) is 8.69. The summed E-state index contributed by atoms with van der Waals surface area (Å²) in [4.78, 5) is 2.25. The molecule has 0 saturated carbocycles. The van der Waals surface area contributed by atoms with Crippen molar-refractivity contribution in [1.29, 1.82) is 5.26 Å². The molecule has 0 atom stereocenters. The van der Waals surface area contributed by atoms with E-state index in [0.29, 0.717) is 12.5 Å². The maximum Gasteiger partial charge on any atom is 0.134 e. The number of hydrogen-bond acceptors (Lipinski definition) is 6. The average Bonchev–Trinajstić information content (AvgIpc) is 2.78. The van der Waals surface area contributed by atoms with Gasteiger partial charge in [0, 0.05) is 43.6 Å². The second-order valence-corrected chi connectivity index (χ2v) is 5.20. The van der Waals surface area contributed by atoms with Crippen molar-refractivity contribution in [2.75, 3.05) is 18.4 Å². The Labute approximate surface area is 113 Å². The summed E-state index contributed by atoms with van der Waals surface area (Å²) < 4.78 is 4.01. The molecule has 18 heavy (non-hydrogen) atoms. The fourth-order valence-electron chi connectivity index (χ4n) is 1.59. The molecule has 6 heteroatoms. The van der Waals surface area contributed by atoms with E-state index in [9.17, 15) is 0 Å². The van der Waals surface area contributed by atoms with Gasteiger partial charge in [0.1, 0.15) is 10.7 Å². The smallest absolute Gasteiger partial charge is 0.134 e. The Bertz CT molecular complexity index is 382. The van der Waals surface area contributed by atoms with Crippen LogP contribution in [-0.2, 0) is 6.54 Å². The zero-order valence-electron chi connectivity index (χ0n) is 11.3. The summed E-state index contributed by atoms with van der Waals surface area (Å²) in [6, 6.07) is 2.59. The maximum atomic E-state index is 8.68. The number of nitrogens with zero attached hydrogens (tertiary/aromatic N) is 4. The van der Waals surface area contributed by atoms with E-state index in [1.165, 1.54) is 11.5 Å². The molecule has 0 bridgehead atoms. The van der Waals surface area contributed by atoms with Gasteiger partial charge in [0.05, 0.1) is 6.07 Å². The van der Waals surface area contributed by atoms with Gasteiger partial charge < -0.3 is 5.32 Å². The largest absolute Gasteiger partial charge is 0.374 e. The molecule has 0 spiro atoms. The first kappa shape index (κ1) is 14.9. The Morgan fingerprint density at radius 3 is 2.89 bits per heavy atom. The summed E-state index contributed by atoms with van der Waals surface area (Å²) >= 11 is 1.40. The van der Waals surface area contributed by atoms with Crippen molar-refractivity contribution in [3.63, 3.8) is 0 Å². The molecule has 0 aliphatic heterocycles. The van der Waals surface area contributed by atoms with Crippen LogP contribution < -0.4 is 5.32 Å². The SMILES string of the molecule is CCCNc1snnc1CN(CCC#N)C(C)C. The van der Waals surface area contributed by atoms with E-state index in [4.69, 9.17) is 5.26 Å². The summed E-state index contributed by atoms with van der Waals surface area (Å²) in [5.74, 6) is 0. The summed E-state index contributed by atoms with van der Waals surface area (Å²) in [6.07, 6.45) is 1.63. The van der Waals surface area contributed by atoms with Crippen LogP contribution in [0.1, 0.15) is 39.3 Å². The second-order valence-electron chi connectivity index (χ2n) is 4.45. The number of rotatable bonds is 8. The highest BCUT2D eigenvalue weighted by molar-refractivity contribution is 7.10. The summed E-state index contributed by atoms with van der Waals surface area (Å²) in [5.41, 5.74) is 0.986. The first-order valence-electron chi connectivity index (χ1n) is 6.35. The lowest BCUT2D eigenvalue weighted by atomic mass is 10.2. The molecule has 100 valence electrons. The molecule has 0 fully saturated rings. The van der Waals surface area contributed by atoms with E-state index in [1.54, 1.807) is 0 Å². The van der Waals surface area contributed by atoms with Crippen molar-refractivity contribution < 1.29 is 0 Å². The standard InChI is InChI=1S/C12H21N5S/c1-4-7-14-12-11(15-16-18-12)9-17(10(2)3)8-5-6-13/h10,14H,4-5,7-9H2,1-3H3. The van der Waals surface area contributed by atoms with Gasteiger partial charge in [0.2, 0.25) is 0 Å². The average molecular weight is 267 g/mol. The summed E-state index contributed by atoms with van der Waals surface area (Å²) in [6.45, 7) is 8.87. The Morgan fingerprint density at radius 1 is 1.50 bits per heavy atom. The van der Waals surface area contributed by atoms with Crippen LogP contribution >= 0.6 is 11.5 Å². The molecule has 1 N–H and O–H groups in total. The van der Waals surface area contributed by atoms with Gasteiger partial charge in [-0.15, -0.1) is 5.10 Å². The van der Waals surface area contributed by atoms with Gasteiger partial charge in [-0.25, -0.2) is 0 Å². The van der Waals surface area contributed by atoms with E-state index in [-0.39, 0.29) is 0 Å². The van der Waals surface area contributed by atoms with Crippen molar-refractivity contribution in [3.8, 4) is 6.07 Å². The molecule has 0 aliphatic rings. The van der Waals surface area contributed by atoms with Gasteiger partial charge in [0.15, 0.2) is 0 Å². The van der Waals surface area contributed by atoms with Gasteiger partial charge in [-0.1, -0.05) is 11.4 Å². The minimum absolute atomic E-state index is 0.402. The molecular formula is C12H21N5S. The second kappa shape index (κ2) is 8.01. The van der Waals surface area contributed by atoms with Gasteiger partial charge in [-0.05, 0) is 20.3 Å². The van der Waals surface area contributed by atoms with Crippen LogP contribution in [0.15, 0.2) is 0 Å². The minimum atomic E-state index is 0.402. The van der Waals surface area contributed by atoms with Gasteiger partial charge in [0.25, 0.3) is 0 Å². The van der Waals surface area contributed by atoms with E-state index < -0.39 is 0 Å². The van der Waals surface area contributed by atoms with E-state index >= 15 is 0 Å². The number of anilines is 1. The number of nitrogens with one attached hydrogen (secondary N) is 1. The van der Waals surface area contributed by atoms with Crippen LogP contribution in [-0.4, -0.2) is 33.6 Å². The van der Waals surface area contributed by atoms with Crippen LogP contribution in [0.4, 0.5) is 5.00 Å². The Hall–Kier alpha value is -1.19. The quantitative estimate of drug-likeness (QED) is 0.784. The molecule has 1 aromatic heterocycles. The Balaban J connectivity index is 2.62. The van der Waals surface area contributed by atoms with Crippen molar-refractivity contribution in [1.82, 2.24) is 14.5 Å². The van der Waals surface area contributed by atoms with Gasteiger partial charge in [-0.3, -0.25) is 4.90 Å². The fourth-order valence-corrected chi connectivity index (χ4v) is 2.19. The molecule has 1 aromatic rings. The normalized spacial score (nSPS) is 10.9. The molecule has 0 aliphatic carbocycles. The Morgan fingerprint density at radius 2 is 2.28 bits per heavy atom. The first-order valence-corrected chi connectivity index (χ1v) is 7.12. The zero-order chi connectivity index (χ0) is 13.4. The highest BCUT2D eigenvalue weighted by Crippen LogP contribution is 2.20. The predicted molar refractivity (Wildman–Crippen MR) is 74.5 cm³/mol. The predicted octanol–water partition coefficient (Wildman–Crippen LogP) is 2.48. The lowest BCUT2D eigenvalue weighted by Gasteiger charge is -2.24. The minimum Gasteiger partial charge on any atom is -0.374 e. The van der Waals surface area contributed by atoms with Crippen LogP contribution in [0.3, 0.4) is 0 Å². The highest BCUT2D eigenvalue weighted by Gasteiger charge is 2.15. The molecule has 0 amide bonds. The summed E-state index contributed by atoms with van der Waals surface area (Å²) in [7, 11) is 0. The van der Waals surface area contributed by atoms with E-state index in [2.05, 4.69) is 46.6 Å². The topological polar surface area (TPSA) is 64.8 Å². The van der Waals surface area contributed by atoms with Crippen molar-refractivity contribution in [2.45, 2.75) is 46.2 Å². The van der Waals surface area contributed by atoms with Gasteiger partial charge >= 0.3 is 0 Å². The molecular weight excluding hydrogens is 246 g/mol. The number of hydrogen-bond donors (Lipinski definition) is 1. The number of nitriles is 1. The molecule has 0 aromatic carbocycles. The van der Waals surface area contributed by atoms with Crippen molar-refractivity contribution in [2.24, 2.45) is 0 Å². The summed E-state index contributed by atoms with van der Waals surface area (Å²) in [5, 5.41) is 17.3. The zero-order valence-corrected chi connectivity index (χ0v) is 12.1. The van der Waals surface area contributed by atoms with Gasteiger partial charge in [-0.2, -0.15) is 5.26 Å². The highest BCUT2D eigenvalue weighted by atomic mass is 32.1. The van der Waals surface area contributed by atoms with Crippen LogP contribution in [0, 0.1) is 11.3 Å². The monoisotopic (exact) mass is 267 g/mol. The lowest BCUT2D eigenvalue weighted by Crippen LogP contribution is -2.31. The van der Waals surface area contributed by atoms with Crippen molar-refractivity contribution >= 4 is 16.5 Å². The van der Waals surface area contributed by atoms with Crippen molar-refractivity contribution in [3.05, 3.63) is 5.69 Å². The molecule has 0 radical (unpaired) electrons. The molecule has 1 rings (SSSR count). The van der Waals surface area contributed by atoms with Crippen LogP contribution in [0.5, 0.6) is 0 Å². The third kappa shape index (κ3) is 4.59. The molecule has 0 saturated heterocycles. The lowest BCUT2D eigenvalue weighted by molar-refractivity contribution is 0.215. The van der Waals surface area contributed by atoms with E-state index in [0.717, 1.165) is 36.8 Å². The molecule has 5 nitrogen and oxygen atoms in total. The molecule has 1 heterocycles. The fraction of sp³-hybridized carbons (Fsp3) is 0.750. The van der Waals surface area contributed by atoms with E-state index in [1.807, 2.05) is 0 Å². The van der Waals surface area contributed by atoms with Crippen LogP contribution in [0.2, 0.25) is 0 Å². The Kier molecular flexibility index (Phi) is 6.61.